The first kappa shape index (κ1) is 16.6. The van der Waals surface area contributed by atoms with Crippen molar-refractivity contribution in [3.63, 3.8) is 0 Å². The van der Waals surface area contributed by atoms with Crippen molar-refractivity contribution in [1.29, 1.82) is 0 Å². The lowest BCUT2D eigenvalue weighted by Gasteiger charge is -2.20. The van der Waals surface area contributed by atoms with Gasteiger partial charge >= 0.3 is 0 Å². The van der Waals surface area contributed by atoms with E-state index in [9.17, 15) is 14.0 Å². The molecule has 1 atom stereocenters. The van der Waals surface area contributed by atoms with E-state index in [2.05, 4.69) is 26.6 Å². The molecule has 2 aromatic carbocycles. The van der Waals surface area contributed by atoms with Gasteiger partial charge < -0.3 is 10.6 Å². The van der Waals surface area contributed by atoms with Crippen LogP contribution in [0.25, 0.3) is 0 Å². The van der Waals surface area contributed by atoms with Crippen molar-refractivity contribution in [2.24, 2.45) is 0 Å². The Hall–Kier alpha value is -2.21. The Morgan fingerprint density at radius 2 is 2.04 bits per heavy atom. The third-order valence-corrected chi connectivity index (χ3v) is 4.45. The van der Waals surface area contributed by atoms with E-state index in [-0.39, 0.29) is 23.4 Å². The molecule has 1 unspecified atom stereocenters. The number of benzene rings is 2. The van der Waals surface area contributed by atoms with Gasteiger partial charge in [0, 0.05) is 22.1 Å². The summed E-state index contributed by atoms with van der Waals surface area (Å²) in [6, 6.07) is 9.56. The van der Waals surface area contributed by atoms with Gasteiger partial charge in [-0.3, -0.25) is 9.59 Å². The number of rotatable bonds is 3. The SMILES string of the molecule is CC(NC(=O)c1cc(F)cc(Br)c1)c1ccc2c(c1)CCC(=O)N2. The van der Waals surface area contributed by atoms with Crippen molar-refractivity contribution in [2.75, 3.05) is 5.32 Å². The quantitative estimate of drug-likeness (QED) is 0.832. The molecule has 1 aliphatic heterocycles. The third-order valence-electron chi connectivity index (χ3n) is 4.00. The summed E-state index contributed by atoms with van der Waals surface area (Å²) in [5, 5.41) is 5.70. The number of aryl methyl sites for hydroxylation is 1. The topological polar surface area (TPSA) is 58.2 Å². The van der Waals surface area contributed by atoms with Crippen LogP contribution in [0.15, 0.2) is 40.9 Å². The van der Waals surface area contributed by atoms with Gasteiger partial charge in [-0.25, -0.2) is 4.39 Å². The molecule has 3 rings (SSSR count). The fourth-order valence-electron chi connectivity index (χ4n) is 2.72. The van der Waals surface area contributed by atoms with E-state index in [4.69, 9.17) is 0 Å². The minimum atomic E-state index is -0.466. The van der Waals surface area contributed by atoms with E-state index in [0.29, 0.717) is 17.3 Å². The van der Waals surface area contributed by atoms with E-state index >= 15 is 0 Å². The van der Waals surface area contributed by atoms with Gasteiger partial charge in [-0.05, 0) is 48.7 Å². The molecule has 24 heavy (non-hydrogen) atoms. The Morgan fingerprint density at radius 1 is 1.25 bits per heavy atom. The molecule has 2 aromatic rings. The minimum absolute atomic E-state index is 0.0216. The average molecular weight is 391 g/mol. The number of carbonyl (C=O) groups is 2. The van der Waals surface area contributed by atoms with Gasteiger partial charge in [0.05, 0.1) is 6.04 Å². The highest BCUT2D eigenvalue weighted by atomic mass is 79.9. The van der Waals surface area contributed by atoms with Gasteiger partial charge in [0.25, 0.3) is 5.91 Å². The van der Waals surface area contributed by atoms with Gasteiger partial charge in [0.1, 0.15) is 5.82 Å². The lowest BCUT2D eigenvalue weighted by atomic mass is 9.97. The Kier molecular flexibility index (Phi) is 4.66. The van der Waals surface area contributed by atoms with Crippen molar-refractivity contribution in [3.8, 4) is 0 Å². The first-order valence-electron chi connectivity index (χ1n) is 7.62. The molecule has 124 valence electrons. The average Bonchev–Trinajstić information content (AvgIpc) is 2.53. The van der Waals surface area contributed by atoms with E-state index < -0.39 is 5.82 Å². The first-order valence-corrected chi connectivity index (χ1v) is 8.41. The maximum absolute atomic E-state index is 13.4. The molecule has 1 heterocycles. The van der Waals surface area contributed by atoms with Crippen molar-refractivity contribution in [2.45, 2.75) is 25.8 Å². The zero-order valence-electron chi connectivity index (χ0n) is 13.0. The highest BCUT2D eigenvalue weighted by molar-refractivity contribution is 9.10. The maximum atomic E-state index is 13.4. The molecule has 0 radical (unpaired) electrons. The van der Waals surface area contributed by atoms with Crippen LogP contribution < -0.4 is 10.6 Å². The fourth-order valence-corrected chi connectivity index (χ4v) is 3.19. The summed E-state index contributed by atoms with van der Waals surface area (Å²) in [6.07, 6.45) is 1.15. The smallest absolute Gasteiger partial charge is 0.251 e. The summed E-state index contributed by atoms with van der Waals surface area (Å²) >= 11 is 3.18. The number of anilines is 1. The van der Waals surface area contributed by atoms with Crippen LogP contribution in [0.4, 0.5) is 10.1 Å². The van der Waals surface area contributed by atoms with Gasteiger partial charge in [-0.2, -0.15) is 0 Å². The van der Waals surface area contributed by atoms with Crippen LogP contribution in [0.3, 0.4) is 0 Å². The molecular formula is C18H16BrFN2O2. The van der Waals surface area contributed by atoms with Crippen LogP contribution in [0.1, 0.15) is 40.9 Å². The molecule has 0 saturated carbocycles. The normalized spacial score (nSPS) is 14.5. The molecule has 0 fully saturated rings. The van der Waals surface area contributed by atoms with Crippen LogP contribution in [-0.2, 0) is 11.2 Å². The van der Waals surface area contributed by atoms with E-state index in [0.717, 1.165) is 16.8 Å². The minimum Gasteiger partial charge on any atom is -0.346 e. The molecule has 2 amide bonds. The number of nitrogens with one attached hydrogen (secondary N) is 2. The van der Waals surface area contributed by atoms with Crippen LogP contribution >= 0.6 is 15.9 Å². The lowest BCUT2D eigenvalue weighted by Crippen LogP contribution is -2.27. The number of carbonyl (C=O) groups excluding carboxylic acids is 2. The largest absolute Gasteiger partial charge is 0.346 e. The van der Waals surface area contributed by atoms with Crippen molar-refractivity contribution < 1.29 is 14.0 Å². The van der Waals surface area contributed by atoms with E-state index in [1.54, 1.807) is 6.07 Å². The number of amides is 2. The number of fused-ring (bicyclic) bond motifs is 1. The zero-order chi connectivity index (χ0) is 17.3. The summed E-state index contributed by atoms with van der Waals surface area (Å²) in [5.74, 6) is -0.784. The maximum Gasteiger partial charge on any atom is 0.251 e. The molecular weight excluding hydrogens is 375 g/mol. The summed E-state index contributed by atoms with van der Waals surface area (Å²) in [6.45, 7) is 1.87. The number of hydrogen-bond donors (Lipinski definition) is 2. The van der Waals surface area contributed by atoms with Crippen LogP contribution in [0.5, 0.6) is 0 Å². The second kappa shape index (κ2) is 6.73. The van der Waals surface area contributed by atoms with E-state index in [1.807, 2.05) is 25.1 Å². The molecule has 0 spiro atoms. The van der Waals surface area contributed by atoms with Crippen molar-refractivity contribution in [3.05, 3.63) is 63.4 Å². The number of halogens is 2. The molecule has 2 N–H and O–H groups in total. The lowest BCUT2D eigenvalue weighted by molar-refractivity contribution is -0.116. The molecule has 0 saturated heterocycles. The molecule has 6 heteroatoms. The summed E-state index contributed by atoms with van der Waals surface area (Å²) in [4.78, 5) is 23.7. The third kappa shape index (κ3) is 3.64. The van der Waals surface area contributed by atoms with Crippen molar-refractivity contribution >= 4 is 33.4 Å². The zero-order valence-corrected chi connectivity index (χ0v) is 14.6. The Balaban J connectivity index is 1.76. The fraction of sp³-hybridized carbons (Fsp3) is 0.222. The Morgan fingerprint density at radius 3 is 2.79 bits per heavy atom. The highest BCUT2D eigenvalue weighted by Crippen LogP contribution is 2.26. The molecule has 0 aromatic heterocycles. The van der Waals surface area contributed by atoms with Crippen LogP contribution in [0.2, 0.25) is 0 Å². The van der Waals surface area contributed by atoms with Crippen molar-refractivity contribution in [1.82, 2.24) is 5.32 Å². The molecule has 1 aliphatic rings. The Bertz CT molecular complexity index is 802. The van der Waals surface area contributed by atoms with Crippen LogP contribution in [-0.4, -0.2) is 11.8 Å². The van der Waals surface area contributed by atoms with E-state index in [1.165, 1.54) is 12.1 Å². The van der Waals surface area contributed by atoms with Gasteiger partial charge in [0.15, 0.2) is 0 Å². The summed E-state index contributed by atoms with van der Waals surface area (Å²) in [5.41, 5.74) is 3.08. The predicted octanol–water partition coefficient (Wildman–Crippen LogP) is 3.96. The summed E-state index contributed by atoms with van der Waals surface area (Å²) in [7, 11) is 0. The second-order valence-electron chi connectivity index (χ2n) is 5.82. The monoisotopic (exact) mass is 390 g/mol. The summed E-state index contributed by atoms with van der Waals surface area (Å²) < 4.78 is 13.9. The van der Waals surface area contributed by atoms with Crippen LogP contribution in [0, 0.1) is 5.82 Å². The molecule has 0 aliphatic carbocycles. The predicted molar refractivity (Wildman–Crippen MR) is 93.4 cm³/mol. The standard InChI is InChI=1S/C18H16BrFN2O2/c1-10(21-18(24)13-7-14(19)9-15(20)8-13)11-2-4-16-12(6-11)3-5-17(23)22-16/h2,4,6-10H,3,5H2,1H3,(H,21,24)(H,22,23). The van der Waals surface area contributed by atoms with Gasteiger partial charge in [-0.1, -0.05) is 28.1 Å². The first-order chi connectivity index (χ1) is 11.4. The molecule has 0 bridgehead atoms. The molecule has 4 nitrogen and oxygen atoms in total. The number of hydrogen-bond acceptors (Lipinski definition) is 2. The van der Waals surface area contributed by atoms with Gasteiger partial charge in [0.2, 0.25) is 5.91 Å². The highest BCUT2D eigenvalue weighted by Gasteiger charge is 2.18. The van der Waals surface area contributed by atoms with Gasteiger partial charge in [-0.15, -0.1) is 0 Å². The second-order valence-corrected chi connectivity index (χ2v) is 6.73. The Labute approximate surface area is 147 Å².